The molecule has 1 aromatic heterocycles. The van der Waals surface area contributed by atoms with Crippen LogP contribution in [0.1, 0.15) is 30.1 Å². The molecule has 0 aromatic carbocycles. The van der Waals surface area contributed by atoms with Crippen LogP contribution in [0.25, 0.3) is 0 Å². The Morgan fingerprint density at radius 2 is 2.29 bits per heavy atom. The number of nitrogen functional groups attached to an aromatic ring is 1. The van der Waals surface area contributed by atoms with E-state index in [0.717, 1.165) is 17.8 Å². The van der Waals surface area contributed by atoms with E-state index in [2.05, 4.69) is 10.2 Å². The molecule has 0 saturated heterocycles. The third kappa shape index (κ3) is 3.64. The summed E-state index contributed by atoms with van der Waals surface area (Å²) in [5, 5.41) is 8.07. The van der Waals surface area contributed by atoms with Gasteiger partial charge in [-0.2, -0.15) is 0 Å². The molecule has 0 radical (unpaired) electrons. The highest BCUT2D eigenvalue weighted by atomic mass is 32.1. The summed E-state index contributed by atoms with van der Waals surface area (Å²) in [5.74, 6) is -0.134. The first-order valence-corrected chi connectivity index (χ1v) is 6.30. The predicted octanol–water partition coefficient (Wildman–Crippen LogP) is 1.01. The van der Waals surface area contributed by atoms with Gasteiger partial charge in [-0.25, -0.2) is 0 Å². The second-order valence-corrected chi connectivity index (χ2v) is 4.70. The fourth-order valence-electron chi connectivity index (χ4n) is 1.38. The van der Waals surface area contributed by atoms with Gasteiger partial charge >= 0.3 is 0 Å². The average Bonchev–Trinajstić information content (AvgIpc) is 2.75. The van der Waals surface area contributed by atoms with Crippen molar-refractivity contribution in [2.75, 3.05) is 26.0 Å². The summed E-state index contributed by atoms with van der Waals surface area (Å²) in [6.45, 7) is 5.08. The molecule has 17 heavy (non-hydrogen) atoms. The van der Waals surface area contributed by atoms with Gasteiger partial charge in [0.2, 0.25) is 10.1 Å². The lowest BCUT2D eigenvalue weighted by Crippen LogP contribution is -2.40. The summed E-state index contributed by atoms with van der Waals surface area (Å²) in [6, 6.07) is 0.141. The van der Waals surface area contributed by atoms with Crippen LogP contribution in [0, 0.1) is 0 Å². The summed E-state index contributed by atoms with van der Waals surface area (Å²) in [5.41, 5.74) is 5.47. The summed E-state index contributed by atoms with van der Waals surface area (Å²) < 4.78 is 5.01. The fourth-order valence-corrected chi connectivity index (χ4v) is 1.94. The summed E-state index contributed by atoms with van der Waals surface area (Å²) in [4.78, 5) is 13.9. The lowest BCUT2D eigenvalue weighted by atomic mass is 10.2. The van der Waals surface area contributed by atoms with Crippen molar-refractivity contribution in [1.29, 1.82) is 0 Å². The first-order valence-electron chi connectivity index (χ1n) is 5.49. The molecule has 1 aromatic rings. The number of anilines is 1. The number of nitrogens with two attached hydrogens (primary N) is 1. The highest BCUT2D eigenvalue weighted by molar-refractivity contribution is 7.16. The lowest BCUT2D eigenvalue weighted by Gasteiger charge is -2.27. The van der Waals surface area contributed by atoms with Crippen LogP contribution >= 0.6 is 11.3 Å². The Labute approximate surface area is 105 Å². The van der Waals surface area contributed by atoms with Gasteiger partial charge in [-0.1, -0.05) is 18.3 Å². The molecule has 1 atom stereocenters. The first kappa shape index (κ1) is 13.9. The Hall–Kier alpha value is -1.21. The summed E-state index contributed by atoms with van der Waals surface area (Å²) in [7, 11) is 1.61. The molecule has 0 aliphatic heterocycles. The average molecular weight is 258 g/mol. The normalized spacial score (nSPS) is 12.4. The van der Waals surface area contributed by atoms with Crippen LogP contribution in [0.5, 0.6) is 0 Å². The van der Waals surface area contributed by atoms with Gasteiger partial charge in [0.1, 0.15) is 0 Å². The number of aromatic nitrogens is 2. The van der Waals surface area contributed by atoms with E-state index in [4.69, 9.17) is 10.5 Å². The van der Waals surface area contributed by atoms with E-state index in [0.29, 0.717) is 23.3 Å². The van der Waals surface area contributed by atoms with Crippen molar-refractivity contribution in [1.82, 2.24) is 15.1 Å². The first-order chi connectivity index (χ1) is 8.10. The standard InChI is InChI=1S/C10H18N4O2S/c1-4-7(2)14(5-6-16-3)9(15)8-12-13-10(11)17-8/h7H,4-6H2,1-3H3,(H2,11,13). The van der Waals surface area contributed by atoms with Crippen molar-refractivity contribution >= 4 is 22.4 Å². The lowest BCUT2D eigenvalue weighted by molar-refractivity contribution is 0.0612. The highest BCUT2D eigenvalue weighted by Crippen LogP contribution is 2.16. The van der Waals surface area contributed by atoms with Gasteiger partial charge in [-0.15, -0.1) is 10.2 Å². The molecule has 96 valence electrons. The van der Waals surface area contributed by atoms with Crippen LogP contribution in [0.2, 0.25) is 0 Å². The quantitative estimate of drug-likeness (QED) is 0.823. The van der Waals surface area contributed by atoms with Crippen LogP contribution < -0.4 is 5.73 Å². The topological polar surface area (TPSA) is 81.3 Å². The molecule has 0 spiro atoms. The maximum Gasteiger partial charge on any atom is 0.285 e. The Kier molecular flexibility index (Phi) is 5.30. The largest absolute Gasteiger partial charge is 0.383 e. The SMILES string of the molecule is CCC(C)N(CCOC)C(=O)c1nnc(N)s1. The molecule has 0 saturated carbocycles. The number of ether oxygens (including phenoxy) is 1. The number of carbonyl (C=O) groups excluding carboxylic acids is 1. The molecule has 2 N–H and O–H groups in total. The Morgan fingerprint density at radius 3 is 2.76 bits per heavy atom. The van der Waals surface area contributed by atoms with Crippen molar-refractivity contribution in [2.45, 2.75) is 26.3 Å². The van der Waals surface area contributed by atoms with E-state index in [9.17, 15) is 4.79 Å². The number of hydrogen-bond acceptors (Lipinski definition) is 6. The van der Waals surface area contributed by atoms with Gasteiger partial charge in [0.25, 0.3) is 5.91 Å². The zero-order chi connectivity index (χ0) is 12.8. The molecule has 1 rings (SSSR count). The molecule has 7 heteroatoms. The van der Waals surface area contributed by atoms with E-state index >= 15 is 0 Å². The number of rotatable bonds is 6. The van der Waals surface area contributed by atoms with Gasteiger partial charge in [0, 0.05) is 19.7 Å². The molecule has 0 aliphatic rings. The van der Waals surface area contributed by atoms with Crippen LogP contribution in [-0.2, 0) is 4.74 Å². The Bertz CT molecular complexity index is 369. The van der Waals surface area contributed by atoms with Crippen molar-refractivity contribution in [3.63, 3.8) is 0 Å². The zero-order valence-corrected chi connectivity index (χ0v) is 11.2. The Morgan fingerprint density at radius 1 is 1.59 bits per heavy atom. The number of methoxy groups -OCH3 is 1. The molecule has 0 aliphatic carbocycles. The van der Waals surface area contributed by atoms with Crippen LogP contribution in [0.15, 0.2) is 0 Å². The van der Waals surface area contributed by atoms with Crippen LogP contribution in [0.3, 0.4) is 0 Å². The molecule has 0 fully saturated rings. The van der Waals surface area contributed by atoms with Crippen LogP contribution in [-0.4, -0.2) is 47.3 Å². The van der Waals surface area contributed by atoms with E-state index in [1.807, 2.05) is 13.8 Å². The molecule has 6 nitrogen and oxygen atoms in total. The fraction of sp³-hybridized carbons (Fsp3) is 0.700. The minimum Gasteiger partial charge on any atom is -0.383 e. The van der Waals surface area contributed by atoms with Crippen molar-refractivity contribution < 1.29 is 9.53 Å². The number of amides is 1. The van der Waals surface area contributed by atoms with Crippen LogP contribution in [0.4, 0.5) is 5.13 Å². The number of hydrogen-bond donors (Lipinski definition) is 1. The smallest absolute Gasteiger partial charge is 0.285 e. The van der Waals surface area contributed by atoms with Gasteiger partial charge < -0.3 is 15.4 Å². The molecule has 1 heterocycles. The maximum atomic E-state index is 12.2. The number of carbonyl (C=O) groups is 1. The Balaban J connectivity index is 2.78. The molecule has 1 unspecified atom stereocenters. The van der Waals surface area contributed by atoms with E-state index in [1.165, 1.54) is 0 Å². The van der Waals surface area contributed by atoms with Crippen molar-refractivity contribution in [3.8, 4) is 0 Å². The third-order valence-electron chi connectivity index (χ3n) is 2.54. The molecule has 1 amide bonds. The second kappa shape index (κ2) is 6.51. The summed E-state index contributed by atoms with van der Waals surface area (Å²) in [6.07, 6.45) is 0.879. The van der Waals surface area contributed by atoms with Crippen molar-refractivity contribution in [2.24, 2.45) is 0 Å². The number of nitrogens with zero attached hydrogens (tertiary/aromatic N) is 3. The van der Waals surface area contributed by atoms with E-state index in [1.54, 1.807) is 12.0 Å². The maximum absolute atomic E-state index is 12.2. The summed E-state index contributed by atoms with van der Waals surface area (Å²) >= 11 is 1.11. The molecule has 0 bridgehead atoms. The van der Waals surface area contributed by atoms with E-state index in [-0.39, 0.29) is 11.9 Å². The third-order valence-corrected chi connectivity index (χ3v) is 3.28. The molecular formula is C10H18N4O2S. The highest BCUT2D eigenvalue weighted by Gasteiger charge is 2.23. The minimum atomic E-state index is -0.134. The van der Waals surface area contributed by atoms with Crippen molar-refractivity contribution in [3.05, 3.63) is 5.01 Å². The minimum absolute atomic E-state index is 0.134. The molecular weight excluding hydrogens is 240 g/mol. The predicted molar refractivity (Wildman–Crippen MR) is 67.0 cm³/mol. The van der Waals surface area contributed by atoms with Gasteiger partial charge in [-0.3, -0.25) is 4.79 Å². The van der Waals surface area contributed by atoms with Gasteiger partial charge in [-0.05, 0) is 13.3 Å². The van der Waals surface area contributed by atoms with Gasteiger partial charge in [0.05, 0.1) is 6.61 Å². The monoisotopic (exact) mass is 258 g/mol. The van der Waals surface area contributed by atoms with Gasteiger partial charge in [0.15, 0.2) is 0 Å². The second-order valence-electron chi connectivity index (χ2n) is 3.69. The zero-order valence-electron chi connectivity index (χ0n) is 10.3. The van der Waals surface area contributed by atoms with E-state index < -0.39 is 0 Å².